The van der Waals surface area contributed by atoms with Gasteiger partial charge in [0, 0.05) is 25.2 Å². The van der Waals surface area contributed by atoms with Crippen molar-refractivity contribution in [1.29, 1.82) is 0 Å². The van der Waals surface area contributed by atoms with Crippen molar-refractivity contribution in [3.8, 4) is 0 Å². The van der Waals surface area contributed by atoms with Gasteiger partial charge in [-0.25, -0.2) is 0 Å². The van der Waals surface area contributed by atoms with E-state index in [4.69, 9.17) is 10.5 Å². The first-order chi connectivity index (χ1) is 8.06. The van der Waals surface area contributed by atoms with E-state index in [1.54, 1.807) is 0 Å². The molecule has 0 spiro atoms. The van der Waals surface area contributed by atoms with Gasteiger partial charge in [0.2, 0.25) is 0 Å². The second kappa shape index (κ2) is 6.72. The summed E-state index contributed by atoms with van der Waals surface area (Å²) in [6.07, 6.45) is 3.84. The molecule has 3 unspecified atom stereocenters. The maximum atomic E-state index is 6.10. The predicted octanol–water partition coefficient (Wildman–Crippen LogP) is 2.11. The number of hydrogen-bond acceptors (Lipinski definition) is 3. The molecule has 1 saturated carbocycles. The molecule has 0 aromatic carbocycles. The summed E-state index contributed by atoms with van der Waals surface area (Å²) in [6, 6.07) is 0. The maximum absolute atomic E-state index is 6.10. The van der Waals surface area contributed by atoms with Gasteiger partial charge in [0.1, 0.15) is 0 Å². The second-order valence-corrected chi connectivity index (χ2v) is 5.71. The van der Waals surface area contributed by atoms with E-state index in [-0.39, 0.29) is 5.54 Å². The average Bonchev–Trinajstić information content (AvgIpc) is 2.30. The van der Waals surface area contributed by atoms with Crippen LogP contribution in [0.1, 0.15) is 40.0 Å². The number of nitrogens with two attached hydrogens (primary N) is 1. The van der Waals surface area contributed by atoms with Crippen LogP contribution in [0.25, 0.3) is 0 Å². The molecule has 0 saturated heterocycles. The second-order valence-electron chi connectivity index (χ2n) is 5.71. The molecule has 3 nitrogen and oxygen atoms in total. The minimum absolute atomic E-state index is 0.198. The van der Waals surface area contributed by atoms with E-state index >= 15 is 0 Å². The van der Waals surface area contributed by atoms with Crippen molar-refractivity contribution in [3.05, 3.63) is 0 Å². The highest BCUT2D eigenvalue weighted by Gasteiger charge is 2.41. The van der Waals surface area contributed by atoms with Gasteiger partial charge in [0.05, 0.1) is 6.61 Å². The Hall–Kier alpha value is -0.120. The fourth-order valence-corrected chi connectivity index (χ4v) is 3.28. The van der Waals surface area contributed by atoms with Crippen LogP contribution in [0, 0.1) is 11.8 Å². The van der Waals surface area contributed by atoms with E-state index in [1.807, 2.05) is 6.92 Å². The first-order valence-corrected chi connectivity index (χ1v) is 7.05. The Morgan fingerprint density at radius 2 is 2.12 bits per heavy atom. The smallest absolute Gasteiger partial charge is 0.0593 e. The molecule has 0 aromatic heterocycles. The Bertz CT molecular complexity index is 222. The Kier molecular flexibility index (Phi) is 5.90. The molecule has 3 atom stereocenters. The molecule has 3 heteroatoms. The van der Waals surface area contributed by atoms with Crippen LogP contribution in [-0.4, -0.2) is 43.8 Å². The molecule has 0 amide bonds. The van der Waals surface area contributed by atoms with Crippen LogP contribution in [0.5, 0.6) is 0 Å². The van der Waals surface area contributed by atoms with E-state index in [0.29, 0.717) is 5.92 Å². The minimum atomic E-state index is 0.198. The summed E-state index contributed by atoms with van der Waals surface area (Å²) < 4.78 is 5.46. The fourth-order valence-electron chi connectivity index (χ4n) is 3.28. The number of likely N-dealkylation sites (N-methyl/N-ethyl adjacent to an activating group) is 1. The minimum Gasteiger partial charge on any atom is -0.380 e. The highest BCUT2D eigenvalue weighted by molar-refractivity contribution is 4.98. The van der Waals surface area contributed by atoms with Gasteiger partial charge in [-0.05, 0) is 45.1 Å². The molecule has 0 aromatic rings. The van der Waals surface area contributed by atoms with Crippen molar-refractivity contribution in [3.63, 3.8) is 0 Å². The number of nitrogens with zero attached hydrogens (tertiary/aromatic N) is 1. The molecule has 1 fully saturated rings. The zero-order valence-corrected chi connectivity index (χ0v) is 12.0. The quantitative estimate of drug-likeness (QED) is 0.725. The summed E-state index contributed by atoms with van der Waals surface area (Å²) in [5.74, 6) is 1.54. The molecule has 2 N–H and O–H groups in total. The normalized spacial score (nSPS) is 34.2. The zero-order chi connectivity index (χ0) is 12.9. The van der Waals surface area contributed by atoms with Gasteiger partial charge in [-0.2, -0.15) is 0 Å². The van der Waals surface area contributed by atoms with Gasteiger partial charge in [-0.15, -0.1) is 0 Å². The molecular weight excluding hydrogens is 212 g/mol. The molecule has 0 radical (unpaired) electrons. The van der Waals surface area contributed by atoms with Gasteiger partial charge in [-0.1, -0.05) is 13.8 Å². The van der Waals surface area contributed by atoms with Crippen LogP contribution >= 0.6 is 0 Å². The largest absolute Gasteiger partial charge is 0.380 e. The number of rotatable bonds is 6. The summed E-state index contributed by atoms with van der Waals surface area (Å²) >= 11 is 0. The summed E-state index contributed by atoms with van der Waals surface area (Å²) in [5, 5.41) is 0. The standard InChI is InChI=1S/C14H30N2O/c1-5-17-9-8-16(4)14(11-15)7-6-12(2)10-13(14)3/h12-13H,5-11,15H2,1-4H3. The van der Waals surface area contributed by atoms with E-state index in [1.165, 1.54) is 19.3 Å². The maximum Gasteiger partial charge on any atom is 0.0593 e. The molecule has 102 valence electrons. The van der Waals surface area contributed by atoms with E-state index in [9.17, 15) is 0 Å². The lowest BCUT2D eigenvalue weighted by molar-refractivity contribution is -0.0000847. The summed E-state index contributed by atoms with van der Waals surface area (Å²) in [6.45, 7) is 10.1. The third kappa shape index (κ3) is 3.43. The average molecular weight is 242 g/mol. The molecule has 0 bridgehead atoms. The van der Waals surface area contributed by atoms with Gasteiger partial charge in [0.15, 0.2) is 0 Å². The topological polar surface area (TPSA) is 38.5 Å². The number of hydrogen-bond donors (Lipinski definition) is 1. The van der Waals surface area contributed by atoms with Crippen molar-refractivity contribution >= 4 is 0 Å². The fraction of sp³-hybridized carbons (Fsp3) is 1.00. The Labute approximate surface area is 107 Å². The van der Waals surface area contributed by atoms with Crippen molar-refractivity contribution in [2.45, 2.75) is 45.6 Å². The lowest BCUT2D eigenvalue weighted by atomic mass is 9.69. The van der Waals surface area contributed by atoms with Crippen LogP contribution in [0.4, 0.5) is 0 Å². The Morgan fingerprint density at radius 1 is 1.41 bits per heavy atom. The van der Waals surface area contributed by atoms with Gasteiger partial charge in [-0.3, -0.25) is 4.90 Å². The van der Waals surface area contributed by atoms with Crippen LogP contribution in [-0.2, 0) is 4.74 Å². The van der Waals surface area contributed by atoms with Gasteiger partial charge < -0.3 is 10.5 Å². The molecular formula is C14H30N2O. The molecule has 1 aliphatic rings. The lowest BCUT2D eigenvalue weighted by Gasteiger charge is -2.50. The van der Waals surface area contributed by atoms with Gasteiger partial charge >= 0.3 is 0 Å². The molecule has 1 aliphatic carbocycles. The SMILES string of the molecule is CCOCCN(C)C1(CN)CCC(C)CC1C. The molecule has 1 rings (SSSR count). The Morgan fingerprint density at radius 3 is 2.65 bits per heavy atom. The van der Waals surface area contributed by atoms with Crippen molar-refractivity contribution in [2.24, 2.45) is 17.6 Å². The molecule has 17 heavy (non-hydrogen) atoms. The van der Waals surface area contributed by atoms with Crippen molar-refractivity contribution in [2.75, 3.05) is 33.4 Å². The third-order valence-electron chi connectivity index (χ3n) is 4.63. The summed E-state index contributed by atoms with van der Waals surface area (Å²) in [5.41, 5.74) is 6.29. The predicted molar refractivity (Wildman–Crippen MR) is 73.1 cm³/mol. The summed E-state index contributed by atoms with van der Waals surface area (Å²) in [7, 11) is 2.21. The molecule has 0 aliphatic heterocycles. The van der Waals surface area contributed by atoms with E-state index in [2.05, 4.69) is 25.8 Å². The third-order valence-corrected chi connectivity index (χ3v) is 4.63. The summed E-state index contributed by atoms with van der Waals surface area (Å²) in [4.78, 5) is 2.44. The first kappa shape index (κ1) is 14.9. The first-order valence-electron chi connectivity index (χ1n) is 7.05. The monoisotopic (exact) mass is 242 g/mol. The van der Waals surface area contributed by atoms with Crippen LogP contribution in [0.2, 0.25) is 0 Å². The highest BCUT2D eigenvalue weighted by Crippen LogP contribution is 2.39. The number of ether oxygens (including phenoxy) is 1. The van der Waals surface area contributed by atoms with E-state index < -0.39 is 0 Å². The van der Waals surface area contributed by atoms with E-state index in [0.717, 1.165) is 32.2 Å². The van der Waals surface area contributed by atoms with Crippen LogP contribution < -0.4 is 5.73 Å². The highest BCUT2D eigenvalue weighted by atomic mass is 16.5. The van der Waals surface area contributed by atoms with Crippen molar-refractivity contribution in [1.82, 2.24) is 4.90 Å². The van der Waals surface area contributed by atoms with Crippen LogP contribution in [0.15, 0.2) is 0 Å². The Balaban J connectivity index is 2.60. The lowest BCUT2D eigenvalue weighted by Crippen LogP contribution is -2.59. The van der Waals surface area contributed by atoms with Gasteiger partial charge in [0.25, 0.3) is 0 Å². The van der Waals surface area contributed by atoms with Crippen molar-refractivity contribution < 1.29 is 4.74 Å². The molecule has 0 heterocycles. The zero-order valence-electron chi connectivity index (χ0n) is 12.0. The van der Waals surface area contributed by atoms with Crippen LogP contribution in [0.3, 0.4) is 0 Å².